The highest BCUT2D eigenvalue weighted by Crippen LogP contribution is 2.44. The van der Waals surface area contributed by atoms with E-state index in [-0.39, 0.29) is 95.5 Å². The number of amides is 4. The fourth-order valence-electron chi connectivity index (χ4n) is 15.0. The maximum absolute atomic E-state index is 14.2. The van der Waals surface area contributed by atoms with E-state index in [1.807, 2.05) is 0 Å². The minimum atomic E-state index is -4.87. The molecular formula is C103H192N4O21P2. The lowest BCUT2D eigenvalue weighted by atomic mass is 10.0. The van der Waals surface area contributed by atoms with Crippen LogP contribution in [0.15, 0.2) is 48.6 Å². The topological polar surface area (TPSA) is 335 Å². The molecule has 0 bridgehead atoms. The number of carbonyl (C=O) groups excluding carboxylic acids is 7. The number of allylic oxidation sites excluding steroid dienone is 8. The first kappa shape index (κ1) is 125. The lowest BCUT2D eigenvalue weighted by Crippen LogP contribution is -2.43. The molecule has 0 aliphatic heterocycles. The predicted molar refractivity (Wildman–Crippen MR) is 527 cm³/mol. The Hall–Kier alpha value is -4.81. The number of carbonyl (C=O) groups is 7. The Bertz CT molecular complexity index is 2910. The second kappa shape index (κ2) is 93.2. The Labute approximate surface area is 790 Å². The van der Waals surface area contributed by atoms with Gasteiger partial charge in [0.05, 0.1) is 77.8 Å². The third-order valence-corrected chi connectivity index (χ3v) is 24.8. The molecule has 8 atom stereocenters. The van der Waals surface area contributed by atoms with E-state index in [1.54, 1.807) is 0 Å². The van der Waals surface area contributed by atoms with Crippen molar-refractivity contribution in [3.63, 3.8) is 0 Å². The number of esters is 4. The summed E-state index contributed by atoms with van der Waals surface area (Å²) in [7, 11) is -9.74. The summed E-state index contributed by atoms with van der Waals surface area (Å²) in [6.45, 7) is 14.7. The van der Waals surface area contributed by atoms with Crippen LogP contribution in [0.2, 0.25) is 0 Å². The van der Waals surface area contributed by atoms with Crippen molar-refractivity contribution in [2.24, 2.45) is 0 Å². The summed E-state index contributed by atoms with van der Waals surface area (Å²) in [4.78, 5) is 116. The van der Waals surface area contributed by atoms with Gasteiger partial charge in [0.1, 0.15) is 24.4 Å². The Balaban J connectivity index is 6.47. The number of rotatable bonds is 98. The minimum absolute atomic E-state index is 0.132. The second-order valence-electron chi connectivity index (χ2n) is 35.6. The molecule has 25 nitrogen and oxygen atoms in total. The Morgan fingerprint density at radius 1 is 0.269 bits per heavy atom. The van der Waals surface area contributed by atoms with Crippen LogP contribution in [0.4, 0.5) is 4.79 Å². The molecule has 0 heterocycles. The number of hydrogen-bond acceptors (Lipinski definition) is 19. The second-order valence-corrected chi connectivity index (χ2v) is 38.5. The summed E-state index contributed by atoms with van der Waals surface area (Å²) in [6, 6.07) is -2.78. The molecule has 0 aliphatic rings. The molecule has 0 radical (unpaired) electrons. The van der Waals surface area contributed by atoms with Crippen molar-refractivity contribution in [1.82, 2.24) is 21.3 Å². The van der Waals surface area contributed by atoms with Crippen LogP contribution in [-0.2, 0) is 84.4 Å². The summed E-state index contributed by atoms with van der Waals surface area (Å²) >= 11 is 0. The first-order chi connectivity index (χ1) is 63.2. The van der Waals surface area contributed by atoms with Gasteiger partial charge in [-0.25, -0.2) is 13.9 Å². The molecule has 0 aliphatic carbocycles. The zero-order chi connectivity index (χ0) is 95.4. The highest BCUT2D eigenvalue weighted by Gasteiger charge is 2.30. The molecule has 27 heteroatoms. The summed E-state index contributed by atoms with van der Waals surface area (Å²) in [5.74, 6) is -2.28. The smallest absolute Gasteiger partial charge is 0.462 e. The molecule has 6 N–H and O–H groups in total. The van der Waals surface area contributed by atoms with Gasteiger partial charge in [-0.15, -0.1) is 0 Å². The number of unbranched alkanes of at least 4 members (excludes halogenated alkanes) is 40. The van der Waals surface area contributed by atoms with Gasteiger partial charge in [-0.2, -0.15) is 0 Å². The monoisotopic (exact) mass is 1880 g/mol. The average molecular weight is 1880 g/mol. The average Bonchev–Trinajstić information content (AvgIpc) is 0.904. The predicted octanol–water partition coefficient (Wildman–Crippen LogP) is 26.6. The van der Waals surface area contributed by atoms with Crippen molar-refractivity contribution in [1.29, 1.82) is 0 Å². The highest BCUT2D eigenvalue weighted by atomic mass is 31.2. The summed E-state index contributed by atoms with van der Waals surface area (Å²) in [5, 5.41) is 10.8. The van der Waals surface area contributed by atoms with E-state index in [9.17, 15) is 52.5 Å². The SMILES string of the molecule is CCCCCCC=CCCCC(=O)O[C@H](CCCCCCC)CCOCC(COP(=O)(O)OCCNC(=O)NCCOP(=O)(O)OCC(COCC[C@@H](CCCCCCC)OC(=O)CCCC=CCCCCCC)NC(=O)C[C@@H](CCCCCCCCCCC)OC(=O)CCCC=CCCCCCC)NC(=O)C[C@@H](CCCCCCC)OC(=O)CCCC=CCCCCCC. The maximum atomic E-state index is 14.2. The first-order valence-electron chi connectivity index (χ1n) is 52.6. The van der Waals surface area contributed by atoms with Gasteiger partial charge in [-0.1, -0.05) is 309 Å². The molecule has 760 valence electrons. The van der Waals surface area contributed by atoms with Crippen LogP contribution < -0.4 is 21.3 Å². The number of hydrogen-bond donors (Lipinski definition) is 6. The Morgan fingerprint density at radius 2 is 0.500 bits per heavy atom. The lowest BCUT2D eigenvalue weighted by Gasteiger charge is -2.23. The van der Waals surface area contributed by atoms with Gasteiger partial charge in [-0.05, 0) is 154 Å². The van der Waals surface area contributed by atoms with Crippen molar-refractivity contribution >= 4 is 57.4 Å². The molecule has 4 amide bonds. The van der Waals surface area contributed by atoms with E-state index in [4.69, 9.17) is 46.5 Å². The third kappa shape index (κ3) is 87.3. The zero-order valence-electron chi connectivity index (χ0n) is 83.5. The number of ether oxygens (including phenoxy) is 6. The molecular weight excluding hydrogens is 1690 g/mol. The number of phosphoric acid groups is 2. The van der Waals surface area contributed by atoms with Crippen LogP contribution >= 0.6 is 15.6 Å². The van der Waals surface area contributed by atoms with E-state index in [0.29, 0.717) is 70.6 Å². The Morgan fingerprint density at radius 3 is 0.769 bits per heavy atom. The van der Waals surface area contributed by atoms with E-state index in [0.717, 1.165) is 205 Å². The van der Waals surface area contributed by atoms with E-state index in [2.05, 4.69) is 125 Å². The summed E-state index contributed by atoms with van der Waals surface area (Å²) in [5.41, 5.74) is 0. The molecule has 0 spiro atoms. The third-order valence-electron chi connectivity index (χ3n) is 22.8. The van der Waals surface area contributed by atoms with Gasteiger partial charge in [-0.3, -0.25) is 46.9 Å². The van der Waals surface area contributed by atoms with Gasteiger partial charge in [0.2, 0.25) is 11.8 Å². The van der Waals surface area contributed by atoms with Crippen molar-refractivity contribution < 1.29 is 99.0 Å². The standard InChI is InChI=1S/C103H192N4O21P2/c1-9-17-25-33-38-43-48-56-64-72-96(128-102(113)76-68-60-52-47-42-37-29-21-13-5)86-98(109)107-92(88-120-82-78-94(70-62-54-31-23-15-7)126-100(111)74-66-58-50-45-40-35-27-19-11-3)90-124-130(117,118)122-84-80-105-103(114)104-79-83-121-129(115,116)123-89-91(87-119-81-77-93(69-61-53-30-22-14-6)125-99(110)73-65-57-49-44-39-34-26-18-10-2)106-97(108)85-95(71-63-55-32-24-16-8)127-101(112)75-67-59-51-46-41-36-28-20-12-4/h44-47,49-52,91-96H,9-43,48,53-90H2,1-8H3,(H,106,108)(H,107,109)(H,115,116)(H,117,118)(H2,104,105,114)/t91?,92?,93-,94-,95-,96-/m1/s1. The lowest BCUT2D eigenvalue weighted by molar-refractivity contribution is -0.152. The van der Waals surface area contributed by atoms with Crippen LogP contribution in [0.1, 0.15) is 466 Å². The van der Waals surface area contributed by atoms with Gasteiger partial charge in [0.15, 0.2) is 0 Å². The fraction of sp³-hybridized carbons (Fsp3) is 0.854. The minimum Gasteiger partial charge on any atom is -0.462 e. The Kier molecular flexibility index (Phi) is 89.8. The highest BCUT2D eigenvalue weighted by molar-refractivity contribution is 7.47. The number of nitrogens with one attached hydrogen (secondary N) is 4. The molecule has 130 heavy (non-hydrogen) atoms. The zero-order valence-corrected chi connectivity index (χ0v) is 85.2. The molecule has 0 aromatic carbocycles. The van der Waals surface area contributed by atoms with Crippen molar-refractivity contribution in [3.05, 3.63) is 48.6 Å². The van der Waals surface area contributed by atoms with Gasteiger partial charge < -0.3 is 59.5 Å². The van der Waals surface area contributed by atoms with Gasteiger partial charge >= 0.3 is 45.6 Å². The molecule has 0 aromatic rings. The van der Waals surface area contributed by atoms with E-state index < -0.39 is 96.4 Å². The van der Waals surface area contributed by atoms with Crippen molar-refractivity contribution in [2.45, 2.75) is 503 Å². The van der Waals surface area contributed by atoms with E-state index in [1.165, 1.54) is 103 Å². The molecule has 0 saturated carbocycles. The van der Waals surface area contributed by atoms with Crippen LogP contribution in [0, 0.1) is 0 Å². The molecule has 0 rings (SSSR count). The molecule has 4 unspecified atom stereocenters. The number of phosphoric ester groups is 2. The van der Waals surface area contributed by atoms with Crippen LogP contribution in [-0.4, -0.2) is 154 Å². The first-order valence-corrected chi connectivity index (χ1v) is 55.5. The number of urea groups is 1. The quantitative estimate of drug-likeness (QED) is 0.0108. The fourth-order valence-corrected chi connectivity index (χ4v) is 16.5. The van der Waals surface area contributed by atoms with Crippen LogP contribution in [0.3, 0.4) is 0 Å². The maximum Gasteiger partial charge on any atom is 0.472 e. The van der Waals surface area contributed by atoms with Gasteiger partial charge in [0, 0.05) is 51.6 Å². The van der Waals surface area contributed by atoms with Crippen molar-refractivity contribution in [2.75, 3.05) is 65.9 Å². The van der Waals surface area contributed by atoms with Crippen molar-refractivity contribution in [3.8, 4) is 0 Å². The largest absolute Gasteiger partial charge is 0.472 e. The molecule has 0 saturated heterocycles. The molecule has 0 aromatic heterocycles. The summed E-state index contributed by atoms with van der Waals surface area (Å²) < 4.78 is 85.0. The van der Waals surface area contributed by atoms with Crippen LogP contribution in [0.25, 0.3) is 0 Å². The van der Waals surface area contributed by atoms with E-state index >= 15 is 0 Å². The normalized spacial score (nSPS) is 14.2. The molecule has 0 fully saturated rings. The summed E-state index contributed by atoms with van der Waals surface area (Å²) in [6.07, 6.45) is 72.3. The van der Waals surface area contributed by atoms with Gasteiger partial charge in [0.25, 0.3) is 0 Å². The van der Waals surface area contributed by atoms with Crippen LogP contribution in [0.5, 0.6) is 0 Å².